The monoisotopic (exact) mass is 218 g/mol. The molecule has 1 fully saturated rings. The molecule has 5 heteroatoms. The Kier molecular flexibility index (Phi) is 4.13. The van der Waals surface area contributed by atoms with E-state index >= 15 is 0 Å². The molecule has 80 valence electrons. The van der Waals surface area contributed by atoms with Gasteiger partial charge in [0, 0.05) is 5.57 Å². The van der Waals surface area contributed by atoms with E-state index < -0.39 is 17.0 Å². The Morgan fingerprint density at radius 1 is 1.21 bits per heavy atom. The number of rotatable bonds is 3. The van der Waals surface area contributed by atoms with Gasteiger partial charge in [-0.25, -0.2) is 4.79 Å². The minimum atomic E-state index is -3.10. The quantitative estimate of drug-likeness (QED) is 0.571. The first-order chi connectivity index (χ1) is 6.61. The van der Waals surface area contributed by atoms with Gasteiger partial charge in [0.05, 0.1) is 0 Å². The summed E-state index contributed by atoms with van der Waals surface area (Å²) in [6, 6.07) is 0. The van der Waals surface area contributed by atoms with E-state index in [2.05, 4.69) is 10.8 Å². The van der Waals surface area contributed by atoms with Crippen molar-refractivity contribution in [1.82, 2.24) is 0 Å². The van der Waals surface area contributed by atoms with Crippen molar-refractivity contribution in [3.8, 4) is 0 Å². The highest BCUT2D eigenvalue weighted by Crippen LogP contribution is 2.29. The summed E-state index contributed by atoms with van der Waals surface area (Å²) < 4.78 is 24.4. The zero-order valence-electron chi connectivity index (χ0n) is 7.90. The second kappa shape index (κ2) is 5.14. The van der Waals surface area contributed by atoms with Crippen molar-refractivity contribution in [3.05, 3.63) is 12.2 Å². The summed E-state index contributed by atoms with van der Waals surface area (Å²) in [6.45, 7) is 3.59. The van der Waals surface area contributed by atoms with Crippen LogP contribution in [0.2, 0.25) is 0 Å². The fourth-order valence-corrected chi connectivity index (χ4v) is 2.00. The lowest BCUT2D eigenvalue weighted by molar-refractivity contribution is -0.130. The third kappa shape index (κ3) is 3.14. The maximum atomic E-state index is 11.1. The van der Waals surface area contributed by atoms with Crippen LogP contribution in [0, 0.1) is 5.92 Å². The highest BCUT2D eigenvalue weighted by Gasteiger charge is 2.22. The Morgan fingerprint density at radius 2 is 1.79 bits per heavy atom. The molecular weight excluding hydrogens is 204 g/mol. The maximum absolute atomic E-state index is 11.1. The van der Waals surface area contributed by atoms with Crippen LogP contribution in [-0.4, -0.2) is 14.4 Å². The molecule has 0 aromatic rings. The summed E-state index contributed by atoms with van der Waals surface area (Å²) >= 11 is 0. The zero-order chi connectivity index (χ0) is 10.6. The molecule has 1 saturated carbocycles. The molecule has 0 atom stereocenters. The summed E-state index contributed by atoms with van der Waals surface area (Å²) in [5, 5.41) is 0. The summed E-state index contributed by atoms with van der Waals surface area (Å²) in [4.78, 5) is 11.1. The smallest absolute Gasteiger partial charge is 0.343 e. The van der Waals surface area contributed by atoms with Crippen LogP contribution in [0.15, 0.2) is 12.2 Å². The van der Waals surface area contributed by atoms with Crippen LogP contribution < -0.4 is 0 Å². The summed E-state index contributed by atoms with van der Waals surface area (Å²) in [5.74, 6) is -0.695. The third-order valence-electron chi connectivity index (χ3n) is 2.52. The van der Waals surface area contributed by atoms with E-state index in [0.29, 0.717) is 5.57 Å². The molecule has 0 bridgehead atoms. The molecule has 0 N–H and O–H groups in total. The van der Waals surface area contributed by atoms with Crippen LogP contribution in [0.1, 0.15) is 32.1 Å². The molecule has 0 radical (unpaired) electrons. The minimum absolute atomic E-state index is 0.103. The highest BCUT2D eigenvalue weighted by molar-refractivity contribution is 7.67. The second-order valence-electron chi connectivity index (χ2n) is 3.46. The van der Waals surface area contributed by atoms with Crippen molar-refractivity contribution >= 4 is 17.0 Å². The van der Waals surface area contributed by atoms with Gasteiger partial charge in [-0.2, -0.15) is 8.42 Å². The molecule has 14 heavy (non-hydrogen) atoms. The van der Waals surface area contributed by atoms with Gasteiger partial charge < -0.3 is 4.18 Å². The summed E-state index contributed by atoms with van der Waals surface area (Å²) in [7, 11) is -3.10. The van der Waals surface area contributed by atoms with E-state index in [1.54, 1.807) is 0 Å². The predicted molar refractivity (Wildman–Crippen MR) is 52.1 cm³/mol. The van der Waals surface area contributed by atoms with Crippen LogP contribution in [0.4, 0.5) is 0 Å². The van der Waals surface area contributed by atoms with Crippen molar-refractivity contribution in [3.63, 3.8) is 0 Å². The lowest BCUT2D eigenvalue weighted by Crippen LogP contribution is -2.17. The molecule has 1 aliphatic rings. The Labute approximate surface area is 85.1 Å². The molecule has 0 heterocycles. The van der Waals surface area contributed by atoms with E-state index in [1.165, 1.54) is 6.42 Å². The Hall–Kier alpha value is -0.840. The van der Waals surface area contributed by atoms with E-state index in [0.717, 1.165) is 25.7 Å². The molecular formula is C9H14O4S. The van der Waals surface area contributed by atoms with E-state index in [1.807, 2.05) is 0 Å². The normalized spacial score (nSPS) is 18.1. The third-order valence-corrected chi connectivity index (χ3v) is 2.83. The number of carbonyl (C=O) groups excluding carboxylic acids is 1. The van der Waals surface area contributed by atoms with Gasteiger partial charge >= 0.3 is 17.0 Å². The molecule has 0 aliphatic heterocycles. The minimum Gasteiger partial charge on any atom is -0.343 e. The van der Waals surface area contributed by atoms with Crippen molar-refractivity contribution in [1.29, 1.82) is 0 Å². The molecule has 0 amide bonds. The van der Waals surface area contributed by atoms with E-state index in [9.17, 15) is 13.2 Å². The van der Waals surface area contributed by atoms with Crippen LogP contribution >= 0.6 is 0 Å². The Balaban J connectivity index is 2.50. The standard InChI is InChI=1S/C9H14O4S/c1-7(9(10)13-14(11)12)8-5-3-2-4-6-8/h8,14H,1-6H2. The van der Waals surface area contributed by atoms with Gasteiger partial charge in [0.2, 0.25) is 0 Å². The van der Waals surface area contributed by atoms with Crippen LogP contribution in [0.25, 0.3) is 0 Å². The topological polar surface area (TPSA) is 60.4 Å². The average Bonchev–Trinajstić information content (AvgIpc) is 2.17. The molecule has 0 aromatic carbocycles. The fourth-order valence-electron chi connectivity index (χ4n) is 1.74. The summed E-state index contributed by atoms with van der Waals surface area (Å²) in [5.41, 5.74) is 0.295. The highest BCUT2D eigenvalue weighted by atomic mass is 32.2. The van der Waals surface area contributed by atoms with Gasteiger partial charge in [-0.05, 0) is 18.8 Å². The fraction of sp³-hybridized carbons (Fsp3) is 0.667. The van der Waals surface area contributed by atoms with Gasteiger partial charge in [0.1, 0.15) is 0 Å². The van der Waals surface area contributed by atoms with Crippen molar-refractivity contribution in [2.75, 3.05) is 0 Å². The van der Waals surface area contributed by atoms with Gasteiger partial charge in [-0.1, -0.05) is 25.8 Å². The lowest BCUT2D eigenvalue weighted by atomic mass is 9.84. The number of carbonyl (C=O) groups is 1. The second-order valence-corrected chi connectivity index (χ2v) is 4.09. The van der Waals surface area contributed by atoms with Crippen molar-refractivity contribution in [2.24, 2.45) is 5.92 Å². The molecule has 0 aromatic heterocycles. The first-order valence-corrected chi connectivity index (χ1v) is 5.76. The van der Waals surface area contributed by atoms with Gasteiger partial charge in [0.15, 0.2) is 0 Å². The van der Waals surface area contributed by atoms with Crippen LogP contribution in [-0.2, 0) is 20.0 Å². The number of hydrogen-bond acceptors (Lipinski definition) is 4. The average molecular weight is 218 g/mol. The predicted octanol–water partition coefficient (Wildman–Crippen LogP) is 1.19. The van der Waals surface area contributed by atoms with Crippen LogP contribution in [0.5, 0.6) is 0 Å². The van der Waals surface area contributed by atoms with Crippen LogP contribution in [0.3, 0.4) is 0 Å². The molecule has 0 spiro atoms. The first kappa shape index (κ1) is 11.2. The molecule has 4 nitrogen and oxygen atoms in total. The molecule has 1 rings (SSSR count). The SMILES string of the molecule is C=C(C(=O)O[SH](=O)=O)C1CCCCC1. The Bertz CT molecular complexity index is 292. The zero-order valence-corrected chi connectivity index (χ0v) is 8.79. The molecule has 0 unspecified atom stereocenters. The van der Waals surface area contributed by atoms with Gasteiger partial charge in [0.25, 0.3) is 0 Å². The van der Waals surface area contributed by atoms with Gasteiger partial charge in [-0.15, -0.1) is 0 Å². The first-order valence-electron chi connectivity index (χ1n) is 4.66. The van der Waals surface area contributed by atoms with Crippen molar-refractivity contribution < 1.29 is 17.4 Å². The number of hydrogen-bond donors (Lipinski definition) is 1. The largest absolute Gasteiger partial charge is 0.349 e. The van der Waals surface area contributed by atoms with Crippen molar-refractivity contribution in [2.45, 2.75) is 32.1 Å². The Morgan fingerprint density at radius 3 is 2.29 bits per heavy atom. The van der Waals surface area contributed by atoms with E-state index in [-0.39, 0.29) is 5.92 Å². The van der Waals surface area contributed by atoms with E-state index in [4.69, 9.17) is 0 Å². The summed E-state index contributed by atoms with van der Waals surface area (Å²) in [6.07, 6.45) is 5.13. The molecule has 1 aliphatic carbocycles. The van der Waals surface area contributed by atoms with Gasteiger partial charge in [-0.3, -0.25) is 0 Å². The maximum Gasteiger partial charge on any atom is 0.349 e. The lowest BCUT2D eigenvalue weighted by Gasteiger charge is -2.21. The number of thiol groups is 1. The molecule has 0 saturated heterocycles.